The van der Waals surface area contributed by atoms with Gasteiger partial charge in [-0.3, -0.25) is 0 Å². The van der Waals surface area contributed by atoms with Crippen molar-refractivity contribution in [1.29, 1.82) is 0 Å². The van der Waals surface area contributed by atoms with E-state index in [0.29, 0.717) is 0 Å². The predicted octanol–water partition coefficient (Wildman–Crippen LogP) is 3.48. The molecule has 4 atom stereocenters. The minimum atomic E-state index is 0.259. The van der Waals surface area contributed by atoms with Crippen LogP contribution in [0.25, 0.3) is 0 Å². The predicted molar refractivity (Wildman–Crippen MR) is 59.2 cm³/mol. The highest BCUT2D eigenvalue weighted by molar-refractivity contribution is 4.99. The Hall–Kier alpha value is -0.0400. The van der Waals surface area contributed by atoms with Gasteiger partial charge in [0.1, 0.15) is 0 Å². The second-order valence-electron chi connectivity index (χ2n) is 6.03. The first-order valence-electron chi connectivity index (χ1n) is 6.17. The minimum Gasteiger partial charge on any atom is -0.370 e. The third-order valence-corrected chi connectivity index (χ3v) is 4.40. The summed E-state index contributed by atoms with van der Waals surface area (Å²) in [4.78, 5) is 0. The van der Waals surface area contributed by atoms with Crippen molar-refractivity contribution >= 4 is 0 Å². The second kappa shape index (κ2) is 3.52. The maximum absolute atomic E-state index is 5.65. The van der Waals surface area contributed by atoms with Crippen LogP contribution in [-0.4, -0.2) is 12.2 Å². The molecule has 1 nitrogen and oxygen atoms in total. The van der Waals surface area contributed by atoms with Gasteiger partial charge < -0.3 is 4.74 Å². The van der Waals surface area contributed by atoms with Gasteiger partial charge in [-0.25, -0.2) is 0 Å². The van der Waals surface area contributed by atoms with Crippen LogP contribution in [0, 0.1) is 23.7 Å². The third kappa shape index (κ3) is 1.84. The van der Waals surface area contributed by atoms with Gasteiger partial charge in [0.05, 0.1) is 12.2 Å². The third-order valence-electron chi connectivity index (χ3n) is 4.40. The number of hydrogen-bond donors (Lipinski definition) is 0. The molecule has 0 N–H and O–H groups in total. The Morgan fingerprint density at radius 1 is 1.29 bits per heavy atom. The van der Waals surface area contributed by atoms with Crippen LogP contribution in [0.2, 0.25) is 0 Å². The molecule has 1 heteroatoms. The summed E-state index contributed by atoms with van der Waals surface area (Å²) in [5, 5.41) is 0. The van der Waals surface area contributed by atoms with E-state index < -0.39 is 0 Å². The molecule has 82 valence electrons. The van der Waals surface area contributed by atoms with Gasteiger partial charge >= 0.3 is 0 Å². The summed E-state index contributed by atoms with van der Waals surface area (Å²) in [7, 11) is 0. The molecule has 0 radical (unpaired) electrons. The zero-order valence-electron chi connectivity index (χ0n) is 10.0. The summed E-state index contributed by atoms with van der Waals surface area (Å²) in [6.45, 7) is 10.5. The van der Waals surface area contributed by atoms with Crippen LogP contribution < -0.4 is 0 Å². The van der Waals surface area contributed by atoms with E-state index in [2.05, 4.69) is 27.7 Å². The molecule has 2 fully saturated rings. The van der Waals surface area contributed by atoms with Gasteiger partial charge in [0, 0.05) is 0 Å². The number of ether oxygens (including phenoxy) is 1. The first-order chi connectivity index (χ1) is 6.53. The van der Waals surface area contributed by atoms with Crippen molar-refractivity contribution in [1.82, 2.24) is 0 Å². The van der Waals surface area contributed by atoms with Crippen LogP contribution in [0.3, 0.4) is 0 Å². The fourth-order valence-corrected chi connectivity index (χ4v) is 3.25. The van der Waals surface area contributed by atoms with Gasteiger partial charge in [0.2, 0.25) is 0 Å². The topological polar surface area (TPSA) is 12.5 Å². The number of hydrogen-bond acceptors (Lipinski definition) is 1. The molecule has 1 unspecified atom stereocenters. The molecule has 1 saturated carbocycles. The first-order valence-corrected chi connectivity index (χ1v) is 6.17. The minimum absolute atomic E-state index is 0.259. The Bertz CT molecular complexity index is 205. The molecule has 1 saturated heterocycles. The van der Waals surface area contributed by atoms with Gasteiger partial charge in [0.25, 0.3) is 0 Å². The smallest absolute Gasteiger partial charge is 0.0919 e. The number of rotatable bonds is 2. The molecule has 1 aliphatic carbocycles. The zero-order chi connectivity index (χ0) is 10.3. The van der Waals surface area contributed by atoms with Crippen molar-refractivity contribution in [3.05, 3.63) is 0 Å². The first kappa shape index (κ1) is 10.5. The fourth-order valence-electron chi connectivity index (χ4n) is 3.25. The van der Waals surface area contributed by atoms with Crippen molar-refractivity contribution in [2.75, 3.05) is 6.61 Å². The molecular weight excluding hydrogens is 172 g/mol. The standard InChI is InChI=1S/C13H24O/c1-9(2)11-7-10(3)5-6-12(11)13(4)8-14-13/h9-12H,5-8H2,1-4H3/t10-,11+,12-,13?/m1/s1. The SMILES string of the molecule is CC(C)[C@@H]1C[C@H](C)CC[C@H]1C1(C)CO1. The van der Waals surface area contributed by atoms with E-state index >= 15 is 0 Å². The van der Waals surface area contributed by atoms with Crippen molar-refractivity contribution in [2.24, 2.45) is 23.7 Å². The molecule has 0 spiro atoms. The van der Waals surface area contributed by atoms with E-state index in [1.165, 1.54) is 19.3 Å². The van der Waals surface area contributed by atoms with Gasteiger partial charge in [-0.15, -0.1) is 0 Å². The fraction of sp³-hybridized carbons (Fsp3) is 1.00. The summed E-state index contributed by atoms with van der Waals surface area (Å²) in [6, 6.07) is 0. The van der Waals surface area contributed by atoms with E-state index in [9.17, 15) is 0 Å². The molecule has 1 aliphatic heterocycles. The Kier molecular flexibility index (Phi) is 2.63. The van der Waals surface area contributed by atoms with Crippen LogP contribution in [0.1, 0.15) is 47.0 Å². The van der Waals surface area contributed by atoms with Crippen LogP contribution in [-0.2, 0) is 4.74 Å². The molecule has 0 aromatic heterocycles. The lowest BCUT2D eigenvalue weighted by molar-refractivity contribution is 0.0746. The average Bonchev–Trinajstić information content (AvgIpc) is 2.84. The lowest BCUT2D eigenvalue weighted by atomic mass is 9.66. The van der Waals surface area contributed by atoms with E-state index in [4.69, 9.17) is 4.74 Å². The lowest BCUT2D eigenvalue weighted by Gasteiger charge is -2.39. The van der Waals surface area contributed by atoms with E-state index in [1.54, 1.807) is 0 Å². The largest absolute Gasteiger partial charge is 0.370 e. The van der Waals surface area contributed by atoms with Crippen molar-refractivity contribution < 1.29 is 4.74 Å². The Labute approximate surface area is 88.2 Å². The quantitative estimate of drug-likeness (QED) is 0.616. The Morgan fingerprint density at radius 2 is 1.93 bits per heavy atom. The molecule has 0 bridgehead atoms. The highest BCUT2D eigenvalue weighted by atomic mass is 16.6. The van der Waals surface area contributed by atoms with Crippen molar-refractivity contribution in [3.63, 3.8) is 0 Å². The average molecular weight is 196 g/mol. The normalized spacial score (nSPS) is 48.2. The van der Waals surface area contributed by atoms with Crippen LogP contribution in [0.5, 0.6) is 0 Å². The lowest BCUT2D eigenvalue weighted by Crippen LogP contribution is -2.36. The highest BCUT2D eigenvalue weighted by Gasteiger charge is 2.51. The van der Waals surface area contributed by atoms with Crippen LogP contribution in [0.15, 0.2) is 0 Å². The van der Waals surface area contributed by atoms with E-state index in [-0.39, 0.29) is 5.60 Å². The Balaban J connectivity index is 2.06. The summed E-state index contributed by atoms with van der Waals surface area (Å²) >= 11 is 0. The van der Waals surface area contributed by atoms with Gasteiger partial charge in [0.15, 0.2) is 0 Å². The molecule has 14 heavy (non-hydrogen) atoms. The van der Waals surface area contributed by atoms with E-state index in [1.807, 2.05) is 0 Å². The van der Waals surface area contributed by atoms with Gasteiger partial charge in [-0.2, -0.15) is 0 Å². The van der Waals surface area contributed by atoms with Crippen LogP contribution >= 0.6 is 0 Å². The summed E-state index contributed by atoms with van der Waals surface area (Å²) in [5.74, 6) is 3.48. The summed E-state index contributed by atoms with van der Waals surface area (Å²) < 4.78 is 5.65. The molecule has 2 rings (SSSR count). The molecular formula is C13H24O. The van der Waals surface area contributed by atoms with Crippen molar-refractivity contribution in [2.45, 2.75) is 52.6 Å². The van der Waals surface area contributed by atoms with E-state index in [0.717, 1.165) is 30.3 Å². The highest BCUT2D eigenvalue weighted by Crippen LogP contribution is 2.49. The summed E-state index contributed by atoms with van der Waals surface area (Å²) in [5.41, 5.74) is 0.259. The molecule has 0 amide bonds. The van der Waals surface area contributed by atoms with Gasteiger partial charge in [-0.1, -0.05) is 27.2 Å². The molecule has 1 heterocycles. The maximum atomic E-state index is 5.65. The molecule has 0 aromatic rings. The monoisotopic (exact) mass is 196 g/mol. The van der Waals surface area contributed by atoms with Gasteiger partial charge in [-0.05, 0) is 43.4 Å². The second-order valence-corrected chi connectivity index (χ2v) is 6.03. The maximum Gasteiger partial charge on any atom is 0.0919 e. The molecule has 0 aromatic carbocycles. The Morgan fingerprint density at radius 3 is 2.43 bits per heavy atom. The van der Waals surface area contributed by atoms with Crippen molar-refractivity contribution in [3.8, 4) is 0 Å². The molecule has 2 aliphatic rings. The van der Waals surface area contributed by atoms with Crippen LogP contribution in [0.4, 0.5) is 0 Å². The zero-order valence-corrected chi connectivity index (χ0v) is 10.0. The number of epoxide rings is 1. The summed E-state index contributed by atoms with van der Waals surface area (Å²) in [6.07, 6.45) is 4.22.